The summed E-state index contributed by atoms with van der Waals surface area (Å²) >= 11 is 7.04. The molecule has 10 nitrogen and oxygen atoms in total. The average molecular weight is 575 g/mol. The fourth-order valence-electron chi connectivity index (χ4n) is 4.82. The summed E-state index contributed by atoms with van der Waals surface area (Å²) in [6.07, 6.45) is -3.17. The summed E-state index contributed by atoms with van der Waals surface area (Å²) in [6, 6.07) is 5.24. The number of aliphatic hydroxyl groups excluding tert-OH is 3. The number of methoxy groups -OCH3 is 1. The molecular formula is C26H39ClN2O8S. The molecule has 0 bridgehead atoms. The van der Waals surface area contributed by atoms with Crippen molar-refractivity contribution in [1.82, 2.24) is 10.6 Å². The van der Waals surface area contributed by atoms with Crippen LogP contribution in [0.1, 0.15) is 43.5 Å². The minimum atomic E-state index is -1.51. The number of aliphatic hydroxyl groups is 3. The Kier molecular flexibility index (Phi) is 12.1. The molecule has 1 aromatic rings. The number of ether oxygens (including phenoxy) is 3. The van der Waals surface area contributed by atoms with Crippen molar-refractivity contribution in [3.8, 4) is 0 Å². The second-order valence-electron chi connectivity index (χ2n) is 9.78. The van der Waals surface area contributed by atoms with Crippen LogP contribution in [0.25, 0.3) is 0 Å². The van der Waals surface area contributed by atoms with E-state index in [0.717, 1.165) is 37.6 Å². The van der Waals surface area contributed by atoms with Gasteiger partial charge in [0.15, 0.2) is 0 Å². The summed E-state index contributed by atoms with van der Waals surface area (Å²) < 4.78 is 16.8. The van der Waals surface area contributed by atoms with Crippen molar-refractivity contribution >= 4 is 35.2 Å². The van der Waals surface area contributed by atoms with Crippen molar-refractivity contribution in [1.29, 1.82) is 0 Å². The third-order valence-electron chi connectivity index (χ3n) is 7.04. The van der Waals surface area contributed by atoms with Crippen LogP contribution in [-0.4, -0.2) is 101 Å². The van der Waals surface area contributed by atoms with Gasteiger partial charge in [0.2, 0.25) is 5.91 Å². The van der Waals surface area contributed by atoms with Crippen LogP contribution >= 0.6 is 23.4 Å². The Morgan fingerprint density at radius 1 is 1.26 bits per heavy atom. The molecule has 2 aliphatic rings. The van der Waals surface area contributed by atoms with Crippen LogP contribution < -0.4 is 10.6 Å². The lowest BCUT2D eigenvalue weighted by molar-refractivity contribution is -0.212. The summed E-state index contributed by atoms with van der Waals surface area (Å²) in [7, 11) is 1.48. The molecule has 1 amide bonds. The Morgan fingerprint density at radius 3 is 2.71 bits per heavy atom. The van der Waals surface area contributed by atoms with Gasteiger partial charge >= 0.3 is 5.97 Å². The predicted octanol–water partition coefficient (Wildman–Crippen LogP) is 1.34. The molecule has 0 radical (unpaired) electrons. The van der Waals surface area contributed by atoms with E-state index in [9.17, 15) is 24.9 Å². The highest BCUT2D eigenvalue weighted by atomic mass is 35.5. The van der Waals surface area contributed by atoms with Gasteiger partial charge in [-0.3, -0.25) is 4.79 Å². The first kappa shape index (κ1) is 31.1. The SMILES string of the molecule is CCC[C@H]1CN[C@H](C(=O)N[C@@H]([C@H]2O[C@H](SCCOC(=O)c3cccc(Cl)c3)[C@H](O)[C@@H](O)[C@H]2O)[C@@H](C)OC)C1. The van der Waals surface area contributed by atoms with Gasteiger partial charge in [-0.2, -0.15) is 0 Å². The van der Waals surface area contributed by atoms with Crippen molar-refractivity contribution in [2.75, 3.05) is 26.0 Å². The van der Waals surface area contributed by atoms with Crippen LogP contribution in [0.3, 0.4) is 0 Å². The van der Waals surface area contributed by atoms with Gasteiger partial charge in [0, 0.05) is 17.9 Å². The molecule has 2 saturated heterocycles. The molecule has 0 aliphatic carbocycles. The van der Waals surface area contributed by atoms with Crippen molar-refractivity contribution in [2.24, 2.45) is 5.92 Å². The zero-order chi connectivity index (χ0) is 27.8. The van der Waals surface area contributed by atoms with Gasteiger partial charge < -0.3 is 40.2 Å². The number of esters is 1. The van der Waals surface area contributed by atoms with Crippen LogP contribution in [-0.2, 0) is 19.0 Å². The molecule has 9 atom stereocenters. The standard InChI is InChI=1S/C26H39ClN2O8S/c1-4-6-15-11-18(28-13-15)24(33)29-19(14(2)35-3)23-21(31)20(30)22(32)26(37-23)38-10-9-36-25(34)16-7-5-8-17(27)12-16/h5,7-8,12,14-15,18-23,26,28,30-32H,4,6,9-11,13H2,1-3H3,(H,29,33)/t14-,15-,18+,19-,20+,21-,22-,23-,26-/m1/s1. The zero-order valence-corrected chi connectivity index (χ0v) is 23.5. The maximum Gasteiger partial charge on any atom is 0.338 e. The number of halogens is 1. The molecule has 0 saturated carbocycles. The third kappa shape index (κ3) is 8.04. The Labute approximate surface area is 232 Å². The fraction of sp³-hybridized carbons (Fsp3) is 0.692. The molecule has 3 rings (SSSR count). The monoisotopic (exact) mass is 574 g/mol. The molecule has 2 fully saturated rings. The number of hydrogen-bond acceptors (Lipinski definition) is 10. The number of amides is 1. The van der Waals surface area contributed by atoms with E-state index < -0.39 is 48.0 Å². The Bertz CT molecular complexity index is 927. The van der Waals surface area contributed by atoms with Crippen LogP contribution in [0.15, 0.2) is 24.3 Å². The highest BCUT2D eigenvalue weighted by molar-refractivity contribution is 7.99. The number of nitrogens with one attached hydrogen (secondary N) is 2. The summed E-state index contributed by atoms with van der Waals surface area (Å²) in [4.78, 5) is 25.3. The first-order chi connectivity index (χ1) is 18.2. The lowest BCUT2D eigenvalue weighted by atomic mass is 9.91. The van der Waals surface area contributed by atoms with Crippen molar-refractivity contribution < 1.29 is 39.1 Å². The molecule has 2 aliphatic heterocycles. The second-order valence-corrected chi connectivity index (χ2v) is 11.4. The van der Waals surface area contributed by atoms with E-state index in [0.29, 0.717) is 16.5 Å². The van der Waals surface area contributed by atoms with Crippen LogP contribution in [0.5, 0.6) is 0 Å². The smallest absolute Gasteiger partial charge is 0.338 e. The maximum atomic E-state index is 13.1. The fourth-order valence-corrected chi connectivity index (χ4v) is 5.99. The number of rotatable bonds is 12. The molecule has 0 aromatic heterocycles. The summed E-state index contributed by atoms with van der Waals surface area (Å²) in [6.45, 7) is 4.64. The second kappa shape index (κ2) is 14.8. The first-order valence-electron chi connectivity index (χ1n) is 13.0. The van der Waals surface area contributed by atoms with E-state index in [-0.39, 0.29) is 24.3 Å². The van der Waals surface area contributed by atoms with E-state index in [1.807, 2.05) is 0 Å². The van der Waals surface area contributed by atoms with E-state index in [4.69, 9.17) is 25.8 Å². The van der Waals surface area contributed by atoms with Crippen LogP contribution in [0.2, 0.25) is 5.02 Å². The van der Waals surface area contributed by atoms with Gasteiger partial charge in [-0.1, -0.05) is 31.0 Å². The Hall–Kier alpha value is -1.44. The maximum absolute atomic E-state index is 13.1. The summed E-state index contributed by atoms with van der Waals surface area (Å²) in [5, 5.41) is 38.5. The largest absolute Gasteiger partial charge is 0.461 e. The van der Waals surface area contributed by atoms with Crippen LogP contribution in [0.4, 0.5) is 0 Å². The molecule has 5 N–H and O–H groups in total. The lowest BCUT2D eigenvalue weighted by Gasteiger charge is -2.44. The number of carbonyl (C=O) groups excluding carboxylic acids is 2. The first-order valence-corrected chi connectivity index (χ1v) is 14.4. The van der Waals surface area contributed by atoms with Gasteiger partial charge in [0.25, 0.3) is 0 Å². The molecule has 2 heterocycles. The Balaban J connectivity index is 1.60. The minimum absolute atomic E-state index is 0.0207. The number of thioether (sulfide) groups is 1. The van der Waals surface area contributed by atoms with E-state index in [2.05, 4.69) is 17.6 Å². The highest BCUT2D eigenvalue weighted by Gasteiger charge is 2.49. The van der Waals surface area contributed by atoms with E-state index >= 15 is 0 Å². The van der Waals surface area contributed by atoms with Gasteiger partial charge in [-0.25, -0.2) is 4.79 Å². The van der Waals surface area contributed by atoms with Gasteiger partial charge in [0.1, 0.15) is 36.5 Å². The van der Waals surface area contributed by atoms with Crippen molar-refractivity contribution in [3.63, 3.8) is 0 Å². The van der Waals surface area contributed by atoms with Gasteiger partial charge in [-0.05, 0) is 50.4 Å². The highest BCUT2D eigenvalue weighted by Crippen LogP contribution is 2.31. The van der Waals surface area contributed by atoms with Crippen LogP contribution in [0, 0.1) is 5.92 Å². The molecule has 38 heavy (non-hydrogen) atoms. The number of carbonyl (C=O) groups is 2. The topological polar surface area (TPSA) is 147 Å². The quantitative estimate of drug-likeness (QED) is 0.183. The molecule has 0 spiro atoms. The normalized spacial score (nSPS) is 31.0. The lowest BCUT2D eigenvalue weighted by Crippen LogP contribution is -2.66. The van der Waals surface area contributed by atoms with Gasteiger partial charge in [-0.15, -0.1) is 11.8 Å². The molecule has 12 heteroatoms. The van der Waals surface area contributed by atoms with Crippen molar-refractivity contribution in [3.05, 3.63) is 34.9 Å². The molecular weight excluding hydrogens is 536 g/mol. The minimum Gasteiger partial charge on any atom is -0.461 e. The zero-order valence-electron chi connectivity index (χ0n) is 21.9. The number of benzene rings is 1. The van der Waals surface area contributed by atoms with E-state index in [1.165, 1.54) is 13.2 Å². The molecule has 0 unspecified atom stereocenters. The predicted molar refractivity (Wildman–Crippen MR) is 144 cm³/mol. The van der Waals surface area contributed by atoms with E-state index in [1.54, 1.807) is 25.1 Å². The summed E-state index contributed by atoms with van der Waals surface area (Å²) in [5.74, 6) is -0.0853. The summed E-state index contributed by atoms with van der Waals surface area (Å²) in [5.41, 5.74) is -0.620. The molecule has 1 aromatic carbocycles. The van der Waals surface area contributed by atoms with Crippen molar-refractivity contribution in [2.45, 2.75) is 81.1 Å². The Morgan fingerprint density at radius 2 is 2.03 bits per heavy atom. The van der Waals surface area contributed by atoms with Gasteiger partial charge in [0.05, 0.1) is 23.8 Å². The average Bonchev–Trinajstić information content (AvgIpc) is 3.38. The molecule has 214 valence electrons. The number of hydrogen-bond donors (Lipinski definition) is 5. The third-order valence-corrected chi connectivity index (χ3v) is 8.40.